The molecule has 8 nitrogen and oxygen atoms in total. The number of carbonyl (C=O) groups is 1. The fourth-order valence-electron chi connectivity index (χ4n) is 4.82. The number of nitrogens with one attached hydrogen (secondary N) is 2. The largest absolute Gasteiger partial charge is 0.477 e. The van der Waals surface area contributed by atoms with Gasteiger partial charge in [0.1, 0.15) is 11.6 Å². The van der Waals surface area contributed by atoms with Gasteiger partial charge in [-0.1, -0.05) is 23.2 Å². The molecule has 2 aromatic heterocycles. The minimum atomic E-state index is -0.368. The van der Waals surface area contributed by atoms with E-state index in [2.05, 4.69) is 25.8 Å². The van der Waals surface area contributed by atoms with E-state index in [-0.39, 0.29) is 23.8 Å². The Bertz CT molecular complexity index is 1430. The summed E-state index contributed by atoms with van der Waals surface area (Å²) in [5.41, 5.74) is 1.64. The third-order valence-electron chi connectivity index (χ3n) is 6.77. The zero-order chi connectivity index (χ0) is 24.6. The molecule has 1 aliphatic heterocycles. The van der Waals surface area contributed by atoms with Gasteiger partial charge in [0.15, 0.2) is 6.10 Å². The van der Waals surface area contributed by atoms with E-state index in [0.717, 1.165) is 42.3 Å². The molecular formula is C26H23Cl2N5O3. The van der Waals surface area contributed by atoms with Crippen molar-refractivity contribution in [1.82, 2.24) is 15.2 Å². The number of carbonyl (C=O) groups excluding carboxylic acids is 1. The molecule has 0 spiro atoms. The number of halogens is 2. The van der Waals surface area contributed by atoms with Gasteiger partial charge in [-0.3, -0.25) is 4.79 Å². The topological polar surface area (TPSA) is 102 Å². The summed E-state index contributed by atoms with van der Waals surface area (Å²) in [4.78, 5) is 17.4. The number of amides is 1. The molecule has 1 fully saturated rings. The highest BCUT2D eigenvalue weighted by Gasteiger charge is 2.32. The highest BCUT2D eigenvalue weighted by Crippen LogP contribution is 2.38. The van der Waals surface area contributed by atoms with Crippen molar-refractivity contribution in [3.05, 3.63) is 70.4 Å². The minimum absolute atomic E-state index is 0.0130. The molecule has 6 rings (SSSR count). The van der Waals surface area contributed by atoms with Crippen LogP contribution < -0.4 is 15.4 Å². The normalized spacial score (nSPS) is 21.3. The zero-order valence-corrected chi connectivity index (χ0v) is 20.7. The Morgan fingerprint density at radius 1 is 0.944 bits per heavy atom. The second-order valence-corrected chi connectivity index (χ2v) is 10.1. The van der Waals surface area contributed by atoms with Crippen molar-refractivity contribution in [2.45, 2.75) is 37.7 Å². The second kappa shape index (κ2) is 9.59. The number of hydrogen-bond donors (Lipinski definition) is 2. The van der Waals surface area contributed by atoms with Crippen LogP contribution in [0.5, 0.6) is 5.75 Å². The van der Waals surface area contributed by atoms with Crippen LogP contribution in [-0.2, 0) is 4.79 Å². The SMILES string of the molecule is O=C(Nc1ccc2cc(Cl)ccc2n1)C1CCC(c2nnc(C3CNc4cc(Cl)ccc4O3)o2)CC1. The quantitative estimate of drug-likeness (QED) is 0.319. The smallest absolute Gasteiger partial charge is 0.258 e. The first-order chi connectivity index (χ1) is 17.5. The third kappa shape index (κ3) is 4.70. The van der Waals surface area contributed by atoms with E-state index in [4.69, 9.17) is 32.4 Å². The van der Waals surface area contributed by atoms with Crippen molar-refractivity contribution in [3.8, 4) is 5.75 Å². The number of anilines is 2. The molecule has 10 heteroatoms. The van der Waals surface area contributed by atoms with Gasteiger partial charge in [0, 0.05) is 27.3 Å². The number of ether oxygens (including phenoxy) is 1. The van der Waals surface area contributed by atoms with Crippen molar-refractivity contribution in [1.29, 1.82) is 0 Å². The first kappa shape index (κ1) is 23.1. The molecule has 2 N–H and O–H groups in total. The van der Waals surface area contributed by atoms with Crippen LogP contribution in [-0.4, -0.2) is 27.6 Å². The maximum atomic E-state index is 12.9. The lowest BCUT2D eigenvalue weighted by Gasteiger charge is -2.26. The molecule has 2 aliphatic rings. The van der Waals surface area contributed by atoms with Gasteiger partial charge in [-0.15, -0.1) is 10.2 Å². The Balaban J connectivity index is 1.05. The summed E-state index contributed by atoms with van der Waals surface area (Å²) in [6.45, 7) is 0.512. The summed E-state index contributed by atoms with van der Waals surface area (Å²) in [6.07, 6.45) is 2.72. The molecule has 36 heavy (non-hydrogen) atoms. The van der Waals surface area contributed by atoms with E-state index in [1.165, 1.54) is 0 Å². The molecule has 3 heterocycles. The van der Waals surface area contributed by atoms with Crippen LogP contribution in [0.25, 0.3) is 10.9 Å². The molecule has 1 amide bonds. The summed E-state index contributed by atoms with van der Waals surface area (Å²) < 4.78 is 12.0. The van der Waals surface area contributed by atoms with E-state index in [0.29, 0.717) is 39.9 Å². The summed E-state index contributed by atoms with van der Waals surface area (Å²) in [7, 11) is 0. The minimum Gasteiger partial charge on any atom is -0.477 e. The van der Waals surface area contributed by atoms with Crippen LogP contribution in [0.3, 0.4) is 0 Å². The lowest BCUT2D eigenvalue weighted by Crippen LogP contribution is -2.27. The van der Waals surface area contributed by atoms with Gasteiger partial charge in [0.25, 0.3) is 5.89 Å². The fourth-order valence-corrected chi connectivity index (χ4v) is 5.17. The van der Waals surface area contributed by atoms with Crippen molar-refractivity contribution in [3.63, 3.8) is 0 Å². The van der Waals surface area contributed by atoms with Crippen molar-refractivity contribution >= 4 is 51.5 Å². The number of pyridine rings is 1. The third-order valence-corrected chi connectivity index (χ3v) is 7.24. The van der Waals surface area contributed by atoms with Crippen LogP contribution in [0, 0.1) is 5.92 Å². The molecule has 0 saturated heterocycles. The number of aromatic nitrogens is 3. The molecule has 1 atom stereocenters. The van der Waals surface area contributed by atoms with Crippen LogP contribution in [0.2, 0.25) is 10.0 Å². The summed E-state index contributed by atoms with van der Waals surface area (Å²) >= 11 is 12.1. The van der Waals surface area contributed by atoms with E-state index in [9.17, 15) is 4.79 Å². The Morgan fingerprint density at radius 2 is 1.72 bits per heavy atom. The number of fused-ring (bicyclic) bond motifs is 2. The summed E-state index contributed by atoms with van der Waals surface area (Å²) in [5.74, 6) is 2.32. The van der Waals surface area contributed by atoms with Crippen molar-refractivity contribution in [2.24, 2.45) is 5.92 Å². The molecule has 1 unspecified atom stereocenters. The standard InChI is InChI=1S/C26H23Cl2N5O3/c27-17-6-8-19-16(11-17)5-10-23(30-19)31-24(34)14-1-3-15(4-2-14)25-32-33-26(36-25)22-13-29-20-12-18(28)7-9-21(20)35-22/h5-12,14-15,22,29H,1-4,13H2,(H,30,31,34). The fraction of sp³-hybridized carbons (Fsp3) is 0.308. The van der Waals surface area contributed by atoms with Gasteiger partial charge in [-0.05, 0) is 74.2 Å². The predicted molar refractivity (Wildman–Crippen MR) is 138 cm³/mol. The maximum absolute atomic E-state index is 12.9. The lowest BCUT2D eigenvalue weighted by atomic mass is 9.81. The number of hydrogen-bond acceptors (Lipinski definition) is 7. The second-order valence-electron chi connectivity index (χ2n) is 9.18. The van der Waals surface area contributed by atoms with Gasteiger partial charge in [-0.2, -0.15) is 0 Å². The molecule has 0 bridgehead atoms. The Kier molecular flexibility index (Phi) is 6.15. The van der Waals surface area contributed by atoms with Crippen LogP contribution in [0.15, 0.2) is 52.9 Å². The highest BCUT2D eigenvalue weighted by atomic mass is 35.5. The molecule has 1 aliphatic carbocycles. The molecule has 0 radical (unpaired) electrons. The van der Waals surface area contributed by atoms with Gasteiger partial charge >= 0.3 is 0 Å². The number of nitrogens with zero attached hydrogens (tertiary/aromatic N) is 3. The molecule has 184 valence electrons. The molecule has 4 aromatic rings. The van der Waals surface area contributed by atoms with E-state index >= 15 is 0 Å². The zero-order valence-electron chi connectivity index (χ0n) is 19.2. The average molecular weight is 524 g/mol. The van der Waals surface area contributed by atoms with Crippen molar-refractivity contribution in [2.75, 3.05) is 17.2 Å². The molecule has 2 aromatic carbocycles. The summed E-state index contributed by atoms with van der Waals surface area (Å²) in [6, 6.07) is 14.6. The molecular weight excluding hydrogens is 501 g/mol. The van der Waals surface area contributed by atoms with Gasteiger partial charge in [0.05, 0.1) is 17.7 Å². The number of rotatable bonds is 4. The van der Waals surface area contributed by atoms with Gasteiger partial charge in [0.2, 0.25) is 11.8 Å². The number of benzene rings is 2. The van der Waals surface area contributed by atoms with Gasteiger partial charge < -0.3 is 19.8 Å². The lowest BCUT2D eigenvalue weighted by molar-refractivity contribution is -0.120. The van der Waals surface area contributed by atoms with Crippen LogP contribution in [0.4, 0.5) is 11.5 Å². The Morgan fingerprint density at radius 3 is 2.58 bits per heavy atom. The predicted octanol–water partition coefficient (Wildman–Crippen LogP) is 6.38. The van der Waals surface area contributed by atoms with Crippen LogP contribution in [0.1, 0.15) is 49.5 Å². The Labute approximate surface area is 217 Å². The maximum Gasteiger partial charge on any atom is 0.258 e. The van der Waals surface area contributed by atoms with E-state index in [1.54, 1.807) is 18.2 Å². The van der Waals surface area contributed by atoms with E-state index in [1.807, 2.05) is 30.3 Å². The first-order valence-electron chi connectivity index (χ1n) is 11.9. The average Bonchev–Trinajstić information content (AvgIpc) is 3.39. The first-order valence-corrected chi connectivity index (χ1v) is 12.7. The summed E-state index contributed by atoms with van der Waals surface area (Å²) in [5, 5.41) is 17.0. The van der Waals surface area contributed by atoms with Crippen LogP contribution >= 0.6 is 23.2 Å². The van der Waals surface area contributed by atoms with E-state index < -0.39 is 0 Å². The van der Waals surface area contributed by atoms with Gasteiger partial charge in [-0.25, -0.2) is 4.98 Å². The molecule has 1 saturated carbocycles. The van der Waals surface area contributed by atoms with Crippen molar-refractivity contribution < 1.29 is 13.9 Å². The Hall–Kier alpha value is -3.36. The highest BCUT2D eigenvalue weighted by molar-refractivity contribution is 6.31. The monoisotopic (exact) mass is 523 g/mol.